The summed E-state index contributed by atoms with van der Waals surface area (Å²) in [5.41, 5.74) is 1.05. The molecule has 0 saturated heterocycles. The van der Waals surface area contributed by atoms with Crippen LogP contribution in [0, 0.1) is 0 Å². The smallest absolute Gasteiger partial charge is 0.344 e. The van der Waals surface area contributed by atoms with Crippen molar-refractivity contribution in [1.82, 2.24) is 9.97 Å². The second-order valence-electron chi connectivity index (χ2n) is 5.39. The van der Waals surface area contributed by atoms with Gasteiger partial charge in [0.2, 0.25) is 0 Å². The van der Waals surface area contributed by atoms with Crippen LogP contribution in [0.15, 0.2) is 47.3 Å². The number of nitrogens with one attached hydrogen (secondary N) is 1. The van der Waals surface area contributed by atoms with Gasteiger partial charge in [-0.3, -0.25) is 4.79 Å². The number of esters is 1. The van der Waals surface area contributed by atoms with Gasteiger partial charge in [0.25, 0.3) is 5.56 Å². The van der Waals surface area contributed by atoms with Gasteiger partial charge in [-0.15, -0.1) is 0 Å². The van der Waals surface area contributed by atoms with Crippen LogP contribution in [0.5, 0.6) is 11.5 Å². The standard InChI is InChI=1S/C19H18N2O5/c1-3-25-17(22)11-26-15-9-8-12(10-16(15)24-2)18-20-14-7-5-4-6-13(14)19(23)21-18/h4-10H,3,11H2,1-2H3,(H,20,21,23). The molecule has 0 aliphatic rings. The molecule has 134 valence electrons. The van der Waals surface area contributed by atoms with Crippen molar-refractivity contribution in [2.75, 3.05) is 20.3 Å². The van der Waals surface area contributed by atoms with Crippen molar-refractivity contribution in [2.45, 2.75) is 6.92 Å². The molecular weight excluding hydrogens is 336 g/mol. The SMILES string of the molecule is CCOC(=O)COc1ccc(-c2nc3ccccc3c(=O)[nH]2)cc1OC. The third kappa shape index (κ3) is 3.66. The Hall–Kier alpha value is -3.35. The number of hydrogen-bond acceptors (Lipinski definition) is 6. The average molecular weight is 354 g/mol. The molecule has 2 aromatic carbocycles. The molecule has 0 aliphatic carbocycles. The molecule has 0 saturated carbocycles. The fourth-order valence-electron chi connectivity index (χ4n) is 2.50. The normalized spacial score (nSPS) is 10.5. The lowest BCUT2D eigenvalue weighted by Gasteiger charge is -2.12. The maximum absolute atomic E-state index is 12.2. The molecule has 0 bridgehead atoms. The molecule has 0 atom stereocenters. The largest absolute Gasteiger partial charge is 0.493 e. The molecule has 3 rings (SSSR count). The Morgan fingerprint density at radius 1 is 1.15 bits per heavy atom. The lowest BCUT2D eigenvalue weighted by molar-refractivity contribution is -0.145. The maximum atomic E-state index is 12.2. The fourth-order valence-corrected chi connectivity index (χ4v) is 2.50. The van der Waals surface area contributed by atoms with Crippen LogP contribution >= 0.6 is 0 Å². The van der Waals surface area contributed by atoms with Gasteiger partial charge >= 0.3 is 5.97 Å². The first-order chi connectivity index (χ1) is 12.6. The van der Waals surface area contributed by atoms with E-state index in [1.165, 1.54) is 7.11 Å². The minimum atomic E-state index is -0.459. The van der Waals surface area contributed by atoms with E-state index >= 15 is 0 Å². The summed E-state index contributed by atoms with van der Waals surface area (Å²) in [4.78, 5) is 30.9. The van der Waals surface area contributed by atoms with E-state index in [4.69, 9.17) is 14.2 Å². The second kappa shape index (κ2) is 7.69. The Labute approximate surface area is 149 Å². The van der Waals surface area contributed by atoms with Crippen molar-refractivity contribution >= 4 is 16.9 Å². The minimum absolute atomic E-state index is 0.214. The van der Waals surface area contributed by atoms with Crippen molar-refractivity contribution < 1.29 is 19.0 Å². The highest BCUT2D eigenvalue weighted by Gasteiger charge is 2.12. The first kappa shape index (κ1) is 17.5. The molecule has 0 fully saturated rings. The third-order valence-electron chi connectivity index (χ3n) is 3.70. The second-order valence-corrected chi connectivity index (χ2v) is 5.39. The van der Waals surface area contributed by atoms with Crippen LogP contribution in [-0.4, -0.2) is 36.3 Å². The van der Waals surface area contributed by atoms with E-state index < -0.39 is 5.97 Å². The maximum Gasteiger partial charge on any atom is 0.344 e. The summed E-state index contributed by atoms with van der Waals surface area (Å²) in [5, 5.41) is 0.526. The molecule has 0 aliphatic heterocycles. The molecule has 1 aromatic heterocycles. The first-order valence-corrected chi connectivity index (χ1v) is 8.08. The predicted octanol–water partition coefficient (Wildman–Crippen LogP) is 2.54. The van der Waals surface area contributed by atoms with E-state index in [1.807, 2.05) is 6.07 Å². The van der Waals surface area contributed by atoms with Crippen molar-refractivity contribution in [3.63, 3.8) is 0 Å². The molecule has 0 radical (unpaired) electrons. The number of benzene rings is 2. The number of nitrogens with zero attached hydrogens (tertiary/aromatic N) is 1. The van der Waals surface area contributed by atoms with Crippen LogP contribution in [0.2, 0.25) is 0 Å². The highest BCUT2D eigenvalue weighted by molar-refractivity contribution is 5.79. The van der Waals surface area contributed by atoms with E-state index in [2.05, 4.69) is 9.97 Å². The predicted molar refractivity (Wildman–Crippen MR) is 96.5 cm³/mol. The molecule has 26 heavy (non-hydrogen) atoms. The topological polar surface area (TPSA) is 90.5 Å². The molecule has 7 heteroatoms. The van der Waals surface area contributed by atoms with Gasteiger partial charge in [0.15, 0.2) is 18.1 Å². The van der Waals surface area contributed by atoms with Gasteiger partial charge in [-0.2, -0.15) is 0 Å². The van der Waals surface area contributed by atoms with Gasteiger partial charge in [0.05, 0.1) is 24.6 Å². The average Bonchev–Trinajstić information content (AvgIpc) is 2.66. The summed E-state index contributed by atoms with van der Waals surface area (Å²) in [6.45, 7) is 1.80. The highest BCUT2D eigenvalue weighted by Crippen LogP contribution is 2.31. The molecule has 0 unspecified atom stereocenters. The van der Waals surface area contributed by atoms with Crippen molar-refractivity contribution in [3.8, 4) is 22.9 Å². The molecule has 0 spiro atoms. The van der Waals surface area contributed by atoms with E-state index in [9.17, 15) is 9.59 Å². The molecule has 1 N–H and O–H groups in total. The third-order valence-corrected chi connectivity index (χ3v) is 3.70. The van der Waals surface area contributed by atoms with E-state index in [0.717, 1.165) is 0 Å². The lowest BCUT2D eigenvalue weighted by atomic mass is 10.1. The van der Waals surface area contributed by atoms with Crippen LogP contribution in [0.25, 0.3) is 22.3 Å². The zero-order chi connectivity index (χ0) is 18.5. The van der Waals surface area contributed by atoms with Crippen LogP contribution in [0.1, 0.15) is 6.92 Å². The molecule has 1 heterocycles. The number of H-pyrrole nitrogens is 1. The molecule has 3 aromatic rings. The number of fused-ring (bicyclic) bond motifs is 1. The Morgan fingerprint density at radius 3 is 2.73 bits per heavy atom. The Bertz CT molecular complexity index is 997. The number of carbonyl (C=O) groups excluding carboxylic acids is 1. The molecule has 7 nitrogen and oxygen atoms in total. The van der Waals surface area contributed by atoms with Gasteiger partial charge in [-0.1, -0.05) is 12.1 Å². The number of carbonyl (C=O) groups is 1. The summed E-state index contributed by atoms with van der Waals surface area (Å²) in [6, 6.07) is 12.2. The van der Waals surface area contributed by atoms with Gasteiger partial charge < -0.3 is 19.2 Å². The van der Waals surface area contributed by atoms with Crippen molar-refractivity contribution in [3.05, 3.63) is 52.8 Å². The van der Waals surface area contributed by atoms with Crippen LogP contribution in [0.3, 0.4) is 0 Å². The summed E-state index contributed by atoms with van der Waals surface area (Å²) in [7, 11) is 1.49. The van der Waals surface area contributed by atoms with Crippen LogP contribution in [-0.2, 0) is 9.53 Å². The number of hydrogen-bond donors (Lipinski definition) is 1. The van der Waals surface area contributed by atoms with Crippen molar-refractivity contribution in [2.24, 2.45) is 0 Å². The van der Waals surface area contributed by atoms with E-state index in [0.29, 0.717) is 40.4 Å². The number of aromatic amines is 1. The van der Waals surface area contributed by atoms with E-state index in [1.54, 1.807) is 43.3 Å². The quantitative estimate of drug-likeness (QED) is 0.684. The number of para-hydroxylation sites is 1. The number of methoxy groups -OCH3 is 1. The molecule has 0 amide bonds. The fraction of sp³-hybridized carbons (Fsp3) is 0.211. The van der Waals surface area contributed by atoms with Gasteiger partial charge in [0.1, 0.15) is 5.82 Å². The zero-order valence-electron chi connectivity index (χ0n) is 14.4. The summed E-state index contributed by atoms with van der Waals surface area (Å²) < 4.78 is 15.6. The number of ether oxygens (including phenoxy) is 3. The van der Waals surface area contributed by atoms with Crippen LogP contribution < -0.4 is 15.0 Å². The van der Waals surface area contributed by atoms with Crippen molar-refractivity contribution in [1.29, 1.82) is 0 Å². The van der Waals surface area contributed by atoms with Gasteiger partial charge in [-0.25, -0.2) is 9.78 Å². The lowest BCUT2D eigenvalue weighted by Crippen LogP contribution is -2.15. The van der Waals surface area contributed by atoms with Gasteiger partial charge in [0, 0.05) is 5.56 Å². The summed E-state index contributed by atoms with van der Waals surface area (Å²) in [5.74, 6) is 0.776. The van der Waals surface area contributed by atoms with Crippen LogP contribution in [0.4, 0.5) is 0 Å². The van der Waals surface area contributed by atoms with Gasteiger partial charge in [-0.05, 0) is 37.3 Å². The summed E-state index contributed by atoms with van der Waals surface area (Å²) >= 11 is 0. The number of aromatic nitrogens is 2. The summed E-state index contributed by atoms with van der Waals surface area (Å²) in [6.07, 6.45) is 0. The zero-order valence-corrected chi connectivity index (χ0v) is 14.4. The minimum Gasteiger partial charge on any atom is -0.493 e. The Balaban J connectivity index is 1.92. The first-order valence-electron chi connectivity index (χ1n) is 8.08. The van der Waals surface area contributed by atoms with E-state index in [-0.39, 0.29) is 12.2 Å². The highest BCUT2D eigenvalue weighted by atomic mass is 16.6. The Kier molecular flexibility index (Phi) is 5.17. The number of rotatable bonds is 6. The monoisotopic (exact) mass is 354 g/mol. The molecular formula is C19H18N2O5. The Morgan fingerprint density at radius 2 is 1.96 bits per heavy atom.